The van der Waals surface area contributed by atoms with Crippen molar-refractivity contribution in [2.75, 3.05) is 38.7 Å². The summed E-state index contributed by atoms with van der Waals surface area (Å²) in [5.41, 5.74) is 2.47. The molecule has 4 heterocycles. The lowest BCUT2D eigenvalue weighted by atomic mass is 9.83. The molecule has 1 amide bonds. The highest BCUT2D eigenvalue weighted by Gasteiger charge is 2.37. The Kier molecular flexibility index (Phi) is 5.44. The van der Waals surface area contributed by atoms with Crippen LogP contribution in [0.25, 0.3) is 0 Å². The molecule has 2 fully saturated rings. The number of nitrogens with one attached hydrogen (secondary N) is 1. The molecule has 1 aromatic carbocycles. The Balaban J connectivity index is 1.34. The topological polar surface area (TPSA) is 72.8 Å². The highest BCUT2D eigenvalue weighted by molar-refractivity contribution is 5.94. The number of aromatic nitrogens is 1. The van der Waals surface area contributed by atoms with Crippen molar-refractivity contribution < 1.29 is 14.3 Å². The number of carbonyl (C=O) groups excluding carboxylic acids is 1. The number of hydrogen-bond acceptors (Lipinski definition) is 5. The van der Waals surface area contributed by atoms with Crippen molar-refractivity contribution in [3.8, 4) is 5.75 Å². The van der Waals surface area contributed by atoms with E-state index in [9.17, 15) is 9.59 Å². The standard InChI is InChI=1S/C24H29N3O4/c1-30-20-4-2-17(3-5-20)23(28)26-13-16-12-18(15-26)22-7-6-21(24(29)27(22)14-16)25-19-8-10-31-11-9-19/h2-7,16,18-19,25H,8-15H2,1H3. The van der Waals surface area contributed by atoms with Gasteiger partial charge in [-0.25, -0.2) is 0 Å². The first-order chi connectivity index (χ1) is 15.1. The van der Waals surface area contributed by atoms with Gasteiger partial charge in [-0.2, -0.15) is 0 Å². The first-order valence-electron chi connectivity index (χ1n) is 11.1. The van der Waals surface area contributed by atoms with E-state index in [4.69, 9.17) is 9.47 Å². The van der Waals surface area contributed by atoms with E-state index in [0.717, 1.165) is 43.9 Å². The fourth-order valence-corrected chi connectivity index (χ4v) is 5.20. The summed E-state index contributed by atoms with van der Waals surface area (Å²) in [6.07, 6.45) is 2.88. The summed E-state index contributed by atoms with van der Waals surface area (Å²) in [5, 5.41) is 3.43. The van der Waals surface area contributed by atoms with Gasteiger partial charge in [0.1, 0.15) is 11.4 Å². The zero-order valence-corrected chi connectivity index (χ0v) is 17.9. The average Bonchev–Trinajstić information content (AvgIpc) is 2.81. The largest absolute Gasteiger partial charge is 0.497 e. The van der Waals surface area contributed by atoms with Crippen molar-refractivity contribution in [3.05, 3.63) is 58.0 Å². The molecule has 2 bridgehead atoms. The van der Waals surface area contributed by atoms with Crippen LogP contribution >= 0.6 is 0 Å². The molecule has 7 heteroatoms. The predicted molar refractivity (Wildman–Crippen MR) is 118 cm³/mol. The van der Waals surface area contributed by atoms with Gasteiger partial charge in [0.2, 0.25) is 0 Å². The van der Waals surface area contributed by atoms with E-state index in [1.807, 2.05) is 39.8 Å². The van der Waals surface area contributed by atoms with Crippen LogP contribution in [0.2, 0.25) is 0 Å². The van der Waals surface area contributed by atoms with Crippen LogP contribution in [0.4, 0.5) is 5.69 Å². The SMILES string of the molecule is COc1ccc(C(=O)N2CC3CC(C2)c2ccc(NC4CCOCC4)c(=O)n2C3)cc1. The monoisotopic (exact) mass is 423 g/mol. The van der Waals surface area contributed by atoms with Gasteiger partial charge in [0.15, 0.2) is 0 Å². The van der Waals surface area contributed by atoms with Gasteiger partial charge in [-0.15, -0.1) is 0 Å². The van der Waals surface area contributed by atoms with Crippen molar-refractivity contribution in [2.45, 2.75) is 37.8 Å². The lowest BCUT2D eigenvalue weighted by Gasteiger charge is -2.43. The van der Waals surface area contributed by atoms with E-state index in [-0.39, 0.29) is 17.4 Å². The number of carbonyl (C=O) groups is 1. The van der Waals surface area contributed by atoms with E-state index in [1.54, 1.807) is 7.11 Å². The van der Waals surface area contributed by atoms with Gasteiger partial charge in [-0.3, -0.25) is 9.59 Å². The zero-order valence-electron chi connectivity index (χ0n) is 17.9. The molecule has 5 rings (SSSR count). The Labute approximate surface area is 182 Å². The van der Waals surface area contributed by atoms with Crippen LogP contribution in [-0.2, 0) is 11.3 Å². The van der Waals surface area contributed by atoms with Crippen molar-refractivity contribution >= 4 is 11.6 Å². The van der Waals surface area contributed by atoms with E-state index < -0.39 is 0 Å². The number of pyridine rings is 1. The molecule has 2 atom stereocenters. The van der Waals surface area contributed by atoms with E-state index in [0.29, 0.717) is 42.8 Å². The van der Waals surface area contributed by atoms with Crippen LogP contribution in [0.1, 0.15) is 41.2 Å². The van der Waals surface area contributed by atoms with Gasteiger partial charge in [-0.1, -0.05) is 0 Å². The Morgan fingerprint density at radius 1 is 1.06 bits per heavy atom. The summed E-state index contributed by atoms with van der Waals surface area (Å²) in [4.78, 5) is 28.2. The maximum absolute atomic E-state index is 13.2. The van der Waals surface area contributed by atoms with Crippen LogP contribution in [0.3, 0.4) is 0 Å². The minimum absolute atomic E-state index is 0.0472. The smallest absolute Gasteiger partial charge is 0.274 e. The Morgan fingerprint density at radius 3 is 2.58 bits per heavy atom. The quantitative estimate of drug-likeness (QED) is 0.819. The molecule has 3 aliphatic rings. The summed E-state index contributed by atoms with van der Waals surface area (Å²) in [5.74, 6) is 1.28. The number of hydrogen-bond donors (Lipinski definition) is 1. The van der Waals surface area contributed by atoms with Gasteiger partial charge in [0, 0.05) is 56.1 Å². The minimum Gasteiger partial charge on any atom is -0.497 e. The number of methoxy groups -OCH3 is 1. The lowest BCUT2D eigenvalue weighted by Crippen LogP contribution is -2.49. The number of anilines is 1. The second kappa shape index (κ2) is 8.38. The number of rotatable bonds is 4. The molecule has 0 radical (unpaired) electrons. The van der Waals surface area contributed by atoms with Gasteiger partial charge >= 0.3 is 0 Å². The summed E-state index contributed by atoms with van der Waals surface area (Å²) >= 11 is 0. The highest BCUT2D eigenvalue weighted by atomic mass is 16.5. The molecular formula is C24H29N3O4. The third kappa shape index (κ3) is 3.94. The van der Waals surface area contributed by atoms with Crippen molar-refractivity contribution in [1.82, 2.24) is 9.47 Å². The number of nitrogens with zero attached hydrogens (tertiary/aromatic N) is 2. The lowest BCUT2D eigenvalue weighted by molar-refractivity contribution is 0.0594. The van der Waals surface area contributed by atoms with Crippen molar-refractivity contribution in [2.24, 2.45) is 5.92 Å². The number of benzene rings is 1. The molecule has 1 aromatic heterocycles. The number of piperidine rings is 1. The Bertz CT molecular complexity index is 1010. The minimum atomic E-state index is 0.0472. The third-order valence-corrected chi connectivity index (χ3v) is 6.81. The molecule has 3 aliphatic heterocycles. The van der Waals surface area contributed by atoms with Crippen LogP contribution in [0.15, 0.2) is 41.2 Å². The first kappa shape index (κ1) is 20.1. The normalized spacial score (nSPS) is 23.2. The fraction of sp³-hybridized carbons (Fsp3) is 0.500. The summed E-state index contributed by atoms with van der Waals surface area (Å²) < 4.78 is 12.6. The van der Waals surface area contributed by atoms with Gasteiger partial charge < -0.3 is 24.3 Å². The molecule has 31 heavy (non-hydrogen) atoms. The van der Waals surface area contributed by atoms with Crippen LogP contribution < -0.4 is 15.6 Å². The van der Waals surface area contributed by atoms with Crippen LogP contribution in [0.5, 0.6) is 5.75 Å². The second-order valence-electron chi connectivity index (χ2n) is 8.86. The van der Waals surface area contributed by atoms with E-state index >= 15 is 0 Å². The molecule has 164 valence electrons. The van der Waals surface area contributed by atoms with E-state index in [2.05, 4.69) is 11.4 Å². The van der Waals surface area contributed by atoms with Gasteiger partial charge in [0.25, 0.3) is 11.5 Å². The number of amides is 1. The molecule has 2 unspecified atom stereocenters. The predicted octanol–water partition coefficient (Wildman–Crippen LogP) is 2.71. The van der Waals surface area contributed by atoms with Crippen LogP contribution in [-0.4, -0.2) is 54.8 Å². The molecule has 7 nitrogen and oxygen atoms in total. The van der Waals surface area contributed by atoms with Gasteiger partial charge in [0.05, 0.1) is 7.11 Å². The molecule has 1 N–H and O–H groups in total. The molecule has 0 spiro atoms. The van der Waals surface area contributed by atoms with Gasteiger partial charge in [-0.05, 0) is 61.6 Å². The molecule has 2 aromatic rings. The maximum Gasteiger partial charge on any atom is 0.274 e. The Hall–Kier alpha value is -2.80. The summed E-state index contributed by atoms with van der Waals surface area (Å²) in [6.45, 7) is 3.48. The van der Waals surface area contributed by atoms with Crippen molar-refractivity contribution in [1.29, 1.82) is 0 Å². The van der Waals surface area contributed by atoms with Crippen LogP contribution in [0, 0.1) is 5.92 Å². The number of ether oxygens (including phenoxy) is 2. The molecule has 0 aliphatic carbocycles. The molecule has 2 saturated heterocycles. The average molecular weight is 424 g/mol. The molecule has 0 saturated carbocycles. The molecular weight excluding hydrogens is 394 g/mol. The second-order valence-corrected chi connectivity index (χ2v) is 8.86. The summed E-state index contributed by atoms with van der Waals surface area (Å²) in [7, 11) is 1.62. The number of likely N-dealkylation sites (tertiary alicyclic amines) is 1. The zero-order chi connectivity index (χ0) is 21.4. The Morgan fingerprint density at radius 2 is 1.84 bits per heavy atom. The maximum atomic E-state index is 13.2. The fourth-order valence-electron chi connectivity index (χ4n) is 5.20. The summed E-state index contributed by atoms with van der Waals surface area (Å²) in [6, 6.07) is 11.6. The third-order valence-electron chi connectivity index (χ3n) is 6.81. The highest BCUT2D eigenvalue weighted by Crippen LogP contribution is 2.36. The first-order valence-corrected chi connectivity index (χ1v) is 11.1. The van der Waals surface area contributed by atoms with E-state index in [1.165, 1.54) is 0 Å². The number of fused-ring (bicyclic) bond motifs is 4. The van der Waals surface area contributed by atoms with Crippen molar-refractivity contribution in [3.63, 3.8) is 0 Å².